The van der Waals surface area contributed by atoms with Crippen molar-refractivity contribution in [2.75, 3.05) is 0 Å². The topological polar surface area (TPSA) is 54.4 Å². The van der Waals surface area contributed by atoms with Gasteiger partial charge in [-0.25, -0.2) is 5.43 Å². The SMILES string of the molecule is C/C(=N\NC(=O)c1ccccn1)c1ccc(Cl)s1. The number of hydrogen-bond donors (Lipinski definition) is 1. The summed E-state index contributed by atoms with van der Waals surface area (Å²) >= 11 is 7.24. The summed E-state index contributed by atoms with van der Waals surface area (Å²) in [6, 6.07) is 8.78. The van der Waals surface area contributed by atoms with Crippen LogP contribution in [-0.2, 0) is 0 Å². The summed E-state index contributed by atoms with van der Waals surface area (Å²) in [6.07, 6.45) is 1.56. The third-order valence-electron chi connectivity index (χ3n) is 2.15. The molecule has 6 heteroatoms. The Kier molecular flexibility index (Phi) is 4.07. The first-order valence-corrected chi connectivity index (χ1v) is 6.37. The second-order valence-corrected chi connectivity index (χ2v) is 5.17. The first-order chi connectivity index (χ1) is 8.66. The maximum Gasteiger partial charge on any atom is 0.289 e. The van der Waals surface area contributed by atoms with Gasteiger partial charge in [-0.3, -0.25) is 9.78 Å². The molecule has 1 N–H and O–H groups in total. The first kappa shape index (κ1) is 12.7. The zero-order valence-electron chi connectivity index (χ0n) is 9.55. The Bertz CT molecular complexity index is 580. The summed E-state index contributed by atoms with van der Waals surface area (Å²) in [7, 11) is 0. The largest absolute Gasteiger partial charge is 0.289 e. The maximum absolute atomic E-state index is 11.7. The number of pyridine rings is 1. The van der Waals surface area contributed by atoms with Gasteiger partial charge in [-0.1, -0.05) is 17.7 Å². The van der Waals surface area contributed by atoms with Crippen LogP contribution in [0.1, 0.15) is 22.3 Å². The minimum absolute atomic E-state index is 0.332. The van der Waals surface area contributed by atoms with Crippen LogP contribution in [0.2, 0.25) is 4.34 Å². The predicted octanol–water partition coefficient (Wildman–Crippen LogP) is 2.95. The van der Waals surface area contributed by atoms with Crippen LogP contribution in [0.5, 0.6) is 0 Å². The first-order valence-electron chi connectivity index (χ1n) is 5.18. The number of aromatic nitrogens is 1. The number of thiophene rings is 1. The van der Waals surface area contributed by atoms with Gasteiger partial charge in [0.25, 0.3) is 5.91 Å². The van der Waals surface area contributed by atoms with E-state index in [2.05, 4.69) is 15.5 Å². The molecule has 0 aliphatic heterocycles. The van der Waals surface area contributed by atoms with Gasteiger partial charge < -0.3 is 0 Å². The van der Waals surface area contributed by atoms with Crippen LogP contribution in [0.15, 0.2) is 41.6 Å². The number of carbonyl (C=O) groups excluding carboxylic acids is 1. The average Bonchev–Trinajstić information content (AvgIpc) is 2.83. The Balaban J connectivity index is 2.05. The fraction of sp³-hybridized carbons (Fsp3) is 0.0833. The van der Waals surface area contributed by atoms with Crippen molar-refractivity contribution in [1.82, 2.24) is 10.4 Å². The molecule has 2 aromatic rings. The van der Waals surface area contributed by atoms with E-state index in [0.717, 1.165) is 4.88 Å². The Morgan fingerprint density at radius 1 is 1.39 bits per heavy atom. The number of nitrogens with zero attached hydrogens (tertiary/aromatic N) is 2. The molecule has 0 aromatic carbocycles. The molecule has 2 heterocycles. The third kappa shape index (κ3) is 3.15. The van der Waals surface area contributed by atoms with E-state index < -0.39 is 0 Å². The summed E-state index contributed by atoms with van der Waals surface area (Å²) in [4.78, 5) is 16.5. The van der Waals surface area contributed by atoms with Crippen LogP contribution in [-0.4, -0.2) is 16.6 Å². The smallest absolute Gasteiger partial charge is 0.266 e. The molecule has 4 nitrogen and oxygen atoms in total. The molecule has 1 amide bonds. The lowest BCUT2D eigenvalue weighted by Crippen LogP contribution is -2.20. The van der Waals surface area contributed by atoms with Crippen LogP contribution >= 0.6 is 22.9 Å². The van der Waals surface area contributed by atoms with Gasteiger partial charge in [0, 0.05) is 6.20 Å². The maximum atomic E-state index is 11.7. The molecular formula is C12H10ClN3OS. The standard InChI is InChI=1S/C12H10ClN3OS/c1-8(10-5-6-11(13)18-10)15-16-12(17)9-4-2-3-7-14-9/h2-7H,1H3,(H,16,17)/b15-8+. The van der Waals surface area contributed by atoms with E-state index in [1.165, 1.54) is 11.3 Å². The number of rotatable bonds is 3. The van der Waals surface area contributed by atoms with Gasteiger partial charge in [0.05, 0.1) is 14.9 Å². The summed E-state index contributed by atoms with van der Waals surface area (Å²) < 4.78 is 0.690. The normalized spacial score (nSPS) is 11.3. The van der Waals surface area contributed by atoms with Gasteiger partial charge in [0.15, 0.2) is 0 Å². The molecule has 0 bridgehead atoms. The summed E-state index contributed by atoms with van der Waals surface area (Å²) in [6.45, 7) is 1.81. The van der Waals surface area contributed by atoms with E-state index >= 15 is 0 Å². The van der Waals surface area contributed by atoms with Crippen molar-refractivity contribution in [2.24, 2.45) is 5.10 Å². The molecule has 18 heavy (non-hydrogen) atoms. The molecule has 2 rings (SSSR count). The second kappa shape index (κ2) is 5.75. The minimum atomic E-state index is -0.336. The van der Waals surface area contributed by atoms with E-state index in [4.69, 9.17) is 11.6 Å². The van der Waals surface area contributed by atoms with Crippen molar-refractivity contribution in [3.63, 3.8) is 0 Å². The highest BCUT2D eigenvalue weighted by Crippen LogP contribution is 2.21. The lowest BCUT2D eigenvalue weighted by molar-refractivity contribution is 0.0950. The highest BCUT2D eigenvalue weighted by atomic mass is 35.5. The van der Waals surface area contributed by atoms with Crippen LogP contribution in [0.4, 0.5) is 0 Å². The second-order valence-electron chi connectivity index (χ2n) is 3.46. The van der Waals surface area contributed by atoms with Gasteiger partial charge in [-0.05, 0) is 31.2 Å². The van der Waals surface area contributed by atoms with Crippen molar-refractivity contribution in [2.45, 2.75) is 6.92 Å². The van der Waals surface area contributed by atoms with E-state index in [0.29, 0.717) is 15.7 Å². The van der Waals surface area contributed by atoms with E-state index in [9.17, 15) is 4.79 Å². The predicted molar refractivity (Wildman–Crippen MR) is 73.2 cm³/mol. The van der Waals surface area contributed by atoms with Gasteiger partial charge in [0.1, 0.15) is 5.69 Å². The molecule has 0 saturated heterocycles. The minimum Gasteiger partial charge on any atom is -0.266 e. The van der Waals surface area contributed by atoms with E-state index in [1.54, 1.807) is 37.4 Å². The Labute approximate surface area is 113 Å². The van der Waals surface area contributed by atoms with Gasteiger partial charge in [-0.15, -0.1) is 11.3 Å². The summed E-state index contributed by atoms with van der Waals surface area (Å²) in [5.41, 5.74) is 3.49. The molecular weight excluding hydrogens is 270 g/mol. The molecule has 0 aliphatic rings. The number of hydrazone groups is 1. The summed E-state index contributed by atoms with van der Waals surface area (Å²) in [5, 5.41) is 4.01. The lowest BCUT2D eigenvalue weighted by Gasteiger charge is -2.00. The van der Waals surface area contributed by atoms with E-state index in [1.807, 2.05) is 6.07 Å². The number of halogens is 1. The van der Waals surface area contributed by atoms with Crippen LogP contribution in [0, 0.1) is 0 Å². The Hall–Kier alpha value is -1.72. The fourth-order valence-electron chi connectivity index (χ4n) is 1.25. The average molecular weight is 280 g/mol. The highest BCUT2D eigenvalue weighted by molar-refractivity contribution is 7.18. The molecule has 92 valence electrons. The monoisotopic (exact) mass is 279 g/mol. The van der Waals surface area contributed by atoms with Crippen LogP contribution < -0.4 is 5.43 Å². The molecule has 0 aliphatic carbocycles. The molecule has 0 radical (unpaired) electrons. The van der Waals surface area contributed by atoms with Crippen molar-refractivity contribution < 1.29 is 4.79 Å². The van der Waals surface area contributed by atoms with Crippen LogP contribution in [0.3, 0.4) is 0 Å². The quantitative estimate of drug-likeness (QED) is 0.694. The molecule has 2 aromatic heterocycles. The molecule has 0 spiro atoms. The zero-order chi connectivity index (χ0) is 13.0. The summed E-state index contributed by atoms with van der Waals surface area (Å²) in [5.74, 6) is -0.336. The zero-order valence-corrected chi connectivity index (χ0v) is 11.1. The van der Waals surface area contributed by atoms with Gasteiger partial charge >= 0.3 is 0 Å². The molecule has 0 unspecified atom stereocenters. The van der Waals surface area contributed by atoms with Crippen LogP contribution in [0.25, 0.3) is 0 Å². The number of hydrogen-bond acceptors (Lipinski definition) is 4. The lowest BCUT2D eigenvalue weighted by atomic mass is 10.3. The van der Waals surface area contributed by atoms with E-state index in [-0.39, 0.29) is 5.91 Å². The molecule has 0 atom stereocenters. The van der Waals surface area contributed by atoms with Crippen molar-refractivity contribution in [3.8, 4) is 0 Å². The number of amides is 1. The Morgan fingerprint density at radius 2 is 2.22 bits per heavy atom. The molecule has 0 fully saturated rings. The number of carbonyl (C=O) groups is 1. The number of nitrogens with one attached hydrogen (secondary N) is 1. The van der Waals surface area contributed by atoms with Crippen molar-refractivity contribution in [3.05, 3.63) is 51.4 Å². The van der Waals surface area contributed by atoms with Gasteiger partial charge in [0.2, 0.25) is 0 Å². The van der Waals surface area contributed by atoms with Gasteiger partial charge in [-0.2, -0.15) is 5.10 Å². The third-order valence-corrected chi connectivity index (χ3v) is 3.49. The fourth-order valence-corrected chi connectivity index (χ4v) is 2.24. The van der Waals surface area contributed by atoms with Crippen molar-refractivity contribution >= 4 is 34.6 Å². The Morgan fingerprint density at radius 3 is 2.83 bits per heavy atom. The molecule has 0 saturated carbocycles. The van der Waals surface area contributed by atoms with Crippen molar-refractivity contribution in [1.29, 1.82) is 0 Å². The highest BCUT2D eigenvalue weighted by Gasteiger charge is 2.06.